The van der Waals surface area contributed by atoms with Crippen LogP contribution in [0, 0.1) is 73.9 Å². The average molecular weight is 699 g/mol. The molecule has 1 aromatic rings. The monoisotopic (exact) mass is 698 g/mol. The number of ether oxygens (including phenoxy) is 2. The summed E-state index contributed by atoms with van der Waals surface area (Å²) < 4.78 is 11.3. The van der Waals surface area contributed by atoms with E-state index >= 15 is 0 Å². The van der Waals surface area contributed by atoms with Gasteiger partial charge in [-0.2, -0.15) is 0 Å². The van der Waals surface area contributed by atoms with Crippen LogP contribution in [-0.2, 0) is 19.1 Å². The average Bonchev–Trinajstić information content (AvgIpc) is 3.45. The van der Waals surface area contributed by atoms with Crippen molar-refractivity contribution in [1.82, 2.24) is 0 Å². The highest BCUT2D eigenvalue weighted by molar-refractivity contribution is 5.92. The Hall–Kier alpha value is -3.07. The van der Waals surface area contributed by atoms with Gasteiger partial charge in [0.05, 0.1) is 24.5 Å². The first-order chi connectivity index (χ1) is 23.8. The maximum absolute atomic E-state index is 13.1. The summed E-state index contributed by atoms with van der Waals surface area (Å²) in [6.45, 7) is 22.4. The largest absolute Gasteiger partial charge is 0.481 e. The molecular formula is C45H62O6. The molecule has 5 aliphatic carbocycles. The summed E-state index contributed by atoms with van der Waals surface area (Å²) in [5.74, 6) is 8.12. The Kier molecular flexibility index (Phi) is 9.46. The molecule has 1 N–H and O–H groups in total. The molecule has 0 amide bonds. The number of esters is 2. The van der Waals surface area contributed by atoms with Crippen LogP contribution in [0.1, 0.15) is 142 Å². The van der Waals surface area contributed by atoms with Gasteiger partial charge in [0.15, 0.2) is 0 Å². The summed E-state index contributed by atoms with van der Waals surface area (Å²) >= 11 is 0. The fourth-order valence-corrected chi connectivity index (χ4v) is 13.3. The molecule has 0 saturated heterocycles. The molecule has 0 heterocycles. The zero-order chi connectivity index (χ0) is 37.4. The van der Waals surface area contributed by atoms with Crippen LogP contribution in [0.4, 0.5) is 0 Å². The predicted molar refractivity (Wildman–Crippen MR) is 200 cm³/mol. The number of carbonyl (C=O) groups excluding carboxylic acids is 2. The molecule has 4 unspecified atom stereocenters. The third-order valence-electron chi connectivity index (χ3n) is 16.2. The summed E-state index contributed by atoms with van der Waals surface area (Å²) in [5.41, 5.74) is 1.58. The van der Waals surface area contributed by atoms with Gasteiger partial charge in [-0.3, -0.25) is 9.59 Å². The number of methoxy groups -OCH3 is 1. The zero-order valence-electron chi connectivity index (χ0n) is 32.7. The van der Waals surface area contributed by atoms with Crippen molar-refractivity contribution >= 4 is 17.9 Å². The van der Waals surface area contributed by atoms with E-state index < -0.39 is 17.4 Å². The van der Waals surface area contributed by atoms with Crippen LogP contribution in [0.15, 0.2) is 36.4 Å². The van der Waals surface area contributed by atoms with Crippen molar-refractivity contribution in [2.75, 3.05) is 7.11 Å². The topological polar surface area (TPSA) is 89.9 Å². The Bertz CT molecular complexity index is 1660. The number of carboxylic acid groups (broad SMARTS) is 1. The molecule has 0 bridgehead atoms. The van der Waals surface area contributed by atoms with Crippen LogP contribution in [-0.4, -0.2) is 36.2 Å². The molecule has 278 valence electrons. The lowest BCUT2D eigenvalue weighted by atomic mass is 9.32. The highest BCUT2D eigenvalue weighted by atomic mass is 16.5. The number of benzene rings is 1. The van der Waals surface area contributed by atoms with Crippen molar-refractivity contribution in [3.05, 3.63) is 47.5 Å². The summed E-state index contributed by atoms with van der Waals surface area (Å²) in [6.07, 6.45) is 10.6. The van der Waals surface area contributed by atoms with E-state index in [9.17, 15) is 19.5 Å². The number of fused-ring (bicyclic) bond motifs is 7. The minimum absolute atomic E-state index is 0.0968. The van der Waals surface area contributed by atoms with Crippen molar-refractivity contribution in [3.63, 3.8) is 0 Å². The van der Waals surface area contributed by atoms with Crippen LogP contribution in [0.25, 0.3) is 0 Å². The van der Waals surface area contributed by atoms with Gasteiger partial charge < -0.3 is 14.6 Å². The highest BCUT2D eigenvalue weighted by Gasteiger charge is 2.71. The Labute approximate surface area is 306 Å². The van der Waals surface area contributed by atoms with E-state index in [0.717, 1.165) is 56.9 Å². The van der Waals surface area contributed by atoms with Crippen LogP contribution >= 0.6 is 0 Å². The number of allylic oxidation sites excluding steroid dienone is 1. The second-order valence-corrected chi connectivity index (χ2v) is 19.3. The van der Waals surface area contributed by atoms with Crippen LogP contribution < -0.4 is 0 Å². The third-order valence-corrected chi connectivity index (χ3v) is 16.2. The number of hydrogen-bond donors (Lipinski definition) is 1. The molecule has 6 rings (SSSR count). The quantitative estimate of drug-likeness (QED) is 0.181. The first-order valence-electron chi connectivity index (χ1n) is 19.6. The fraction of sp³-hybridized carbons (Fsp3) is 0.711. The van der Waals surface area contributed by atoms with E-state index in [1.165, 1.54) is 25.5 Å². The zero-order valence-corrected chi connectivity index (χ0v) is 32.7. The maximum Gasteiger partial charge on any atom is 0.339 e. The number of aliphatic carboxylic acids is 1. The van der Waals surface area contributed by atoms with Crippen LogP contribution in [0.3, 0.4) is 0 Å². The maximum atomic E-state index is 13.1. The molecule has 5 aliphatic rings. The molecular weight excluding hydrogens is 636 g/mol. The predicted octanol–water partition coefficient (Wildman–Crippen LogP) is 9.89. The van der Waals surface area contributed by atoms with Gasteiger partial charge in [0.2, 0.25) is 0 Å². The van der Waals surface area contributed by atoms with E-state index in [2.05, 4.69) is 60.0 Å². The molecule has 0 spiro atoms. The SMILES string of the molecule is C=C(C)[C@@H]1CC[C@]2(C#Cc3ccccc3C(=O)OC)CC[C@]3(C)C(CCC4[C@@]5(C)CC[C@H](OC(=O)CC(C)(C)C(=O)O)C(C)(C)C5CC[C@]43C)C12. The number of rotatable bonds is 6. The Morgan fingerprint density at radius 1 is 0.902 bits per heavy atom. The molecule has 0 aromatic heterocycles. The molecule has 10 atom stereocenters. The van der Waals surface area contributed by atoms with Gasteiger partial charge in [0.25, 0.3) is 0 Å². The molecule has 1 aromatic carbocycles. The summed E-state index contributed by atoms with van der Waals surface area (Å²) in [4.78, 5) is 37.4. The molecule has 0 radical (unpaired) electrons. The number of hydrogen-bond acceptors (Lipinski definition) is 5. The minimum Gasteiger partial charge on any atom is -0.481 e. The third kappa shape index (κ3) is 5.79. The molecule has 51 heavy (non-hydrogen) atoms. The van der Waals surface area contributed by atoms with Gasteiger partial charge >= 0.3 is 17.9 Å². The van der Waals surface area contributed by atoms with Crippen molar-refractivity contribution in [2.45, 2.75) is 132 Å². The van der Waals surface area contributed by atoms with E-state index in [1.807, 2.05) is 24.3 Å². The van der Waals surface area contributed by atoms with E-state index in [-0.39, 0.29) is 45.6 Å². The second-order valence-electron chi connectivity index (χ2n) is 19.3. The Morgan fingerprint density at radius 3 is 2.27 bits per heavy atom. The number of carbonyl (C=O) groups is 3. The first kappa shape index (κ1) is 37.7. The molecule has 5 saturated carbocycles. The summed E-state index contributed by atoms with van der Waals surface area (Å²) in [7, 11) is 1.43. The lowest BCUT2D eigenvalue weighted by Crippen LogP contribution is -2.66. The van der Waals surface area contributed by atoms with E-state index in [1.54, 1.807) is 13.8 Å². The van der Waals surface area contributed by atoms with E-state index in [0.29, 0.717) is 35.2 Å². The molecule has 6 nitrogen and oxygen atoms in total. The van der Waals surface area contributed by atoms with Gasteiger partial charge in [-0.25, -0.2) is 4.79 Å². The highest BCUT2D eigenvalue weighted by Crippen LogP contribution is 2.77. The van der Waals surface area contributed by atoms with Gasteiger partial charge in [-0.15, -0.1) is 0 Å². The lowest BCUT2D eigenvalue weighted by Gasteiger charge is -2.72. The van der Waals surface area contributed by atoms with Crippen LogP contribution in [0.5, 0.6) is 0 Å². The second kappa shape index (κ2) is 12.8. The van der Waals surface area contributed by atoms with Gasteiger partial charge in [-0.05, 0) is 143 Å². The molecule has 0 aliphatic heterocycles. The van der Waals surface area contributed by atoms with Crippen molar-refractivity contribution < 1.29 is 29.0 Å². The van der Waals surface area contributed by atoms with Gasteiger partial charge in [-0.1, -0.05) is 70.7 Å². The first-order valence-corrected chi connectivity index (χ1v) is 19.6. The Balaban J connectivity index is 1.29. The van der Waals surface area contributed by atoms with Crippen LogP contribution in [0.2, 0.25) is 0 Å². The summed E-state index contributed by atoms with van der Waals surface area (Å²) in [5, 5.41) is 9.61. The van der Waals surface area contributed by atoms with Crippen molar-refractivity contribution in [1.29, 1.82) is 0 Å². The lowest BCUT2D eigenvalue weighted by molar-refractivity contribution is -0.247. The normalized spacial score (nSPS) is 39.5. The molecule has 5 fully saturated rings. The fourth-order valence-electron chi connectivity index (χ4n) is 13.3. The van der Waals surface area contributed by atoms with Crippen molar-refractivity contribution in [3.8, 4) is 11.8 Å². The van der Waals surface area contributed by atoms with Gasteiger partial charge in [0, 0.05) is 16.4 Å². The standard InChI is InChI=1S/C45H62O6/c1-28(2)30-18-24-45(23-17-29-13-11-12-14-31(29)38(47)50-10)26-25-43(8)32(37(30)45)15-16-34-42(7)21-20-35(51-36(46)27-40(3,4)39(48)49)41(5,6)33(42)19-22-44(34,43)9/h11-14,30,32-35,37H,1,15-16,18-22,24-27H2,2-10H3,(H,48,49)/t30-,32?,33?,34?,35-,37?,42-,43+,44+,45+/m0/s1. The van der Waals surface area contributed by atoms with Crippen molar-refractivity contribution in [2.24, 2.45) is 62.1 Å². The van der Waals surface area contributed by atoms with Gasteiger partial charge in [0.1, 0.15) is 6.10 Å². The Morgan fingerprint density at radius 2 is 1.61 bits per heavy atom. The number of carboxylic acids is 1. The minimum atomic E-state index is -1.15. The van der Waals surface area contributed by atoms with E-state index in [4.69, 9.17) is 9.47 Å². The summed E-state index contributed by atoms with van der Waals surface area (Å²) in [6, 6.07) is 7.58. The smallest absolute Gasteiger partial charge is 0.339 e. The molecule has 6 heteroatoms.